The normalized spacial score (nSPS) is 13.8. The van der Waals surface area contributed by atoms with Crippen molar-refractivity contribution >= 4 is 17.9 Å². The quantitative estimate of drug-likeness (QED) is 0.0265. The number of nitrogens with zero attached hydrogens (tertiary/aromatic N) is 1. The molecule has 0 heterocycles. The summed E-state index contributed by atoms with van der Waals surface area (Å²) in [6.07, 6.45) is 50.3. The zero-order valence-electron chi connectivity index (χ0n) is 36.7. The van der Waals surface area contributed by atoms with Crippen LogP contribution in [0.25, 0.3) is 0 Å². The minimum absolute atomic E-state index is 0.0191. The van der Waals surface area contributed by atoms with Crippen molar-refractivity contribution in [2.75, 3.05) is 41.0 Å². The molecule has 324 valence electrons. The van der Waals surface area contributed by atoms with E-state index in [2.05, 4.69) is 68.5 Å². The molecule has 0 aliphatic rings. The highest BCUT2D eigenvalue weighted by atomic mass is 16.6. The zero-order valence-corrected chi connectivity index (χ0v) is 36.7. The fourth-order valence-electron chi connectivity index (χ4n) is 5.96. The number of carboxylic acids is 1. The van der Waals surface area contributed by atoms with Crippen LogP contribution >= 0.6 is 0 Å². The Kier molecular flexibility index (Phi) is 36.9. The molecule has 0 bridgehead atoms. The molecule has 0 aromatic heterocycles. The Morgan fingerprint density at radius 2 is 0.982 bits per heavy atom. The fourth-order valence-corrected chi connectivity index (χ4v) is 5.96. The number of carbonyl (C=O) groups is 3. The third-order valence-electron chi connectivity index (χ3n) is 9.42. The van der Waals surface area contributed by atoms with E-state index in [1.54, 1.807) is 21.1 Å². The average molecular weight is 796 g/mol. The van der Waals surface area contributed by atoms with Gasteiger partial charge in [-0.15, -0.1) is 0 Å². The van der Waals surface area contributed by atoms with Gasteiger partial charge in [-0.1, -0.05) is 163 Å². The van der Waals surface area contributed by atoms with E-state index in [4.69, 9.17) is 14.2 Å². The number of hydrogen-bond donors (Lipinski definition) is 0. The molecule has 0 aliphatic heterocycles. The molecule has 8 heteroatoms. The van der Waals surface area contributed by atoms with Gasteiger partial charge in [-0.3, -0.25) is 9.59 Å². The minimum Gasteiger partial charge on any atom is -0.544 e. The first-order valence-corrected chi connectivity index (χ1v) is 22.2. The van der Waals surface area contributed by atoms with Gasteiger partial charge in [0.1, 0.15) is 12.6 Å². The van der Waals surface area contributed by atoms with Crippen LogP contribution in [-0.4, -0.2) is 75.5 Å². The second-order valence-corrected chi connectivity index (χ2v) is 15.7. The topological polar surface area (TPSA) is 102 Å². The Labute approximate surface area is 348 Å². The van der Waals surface area contributed by atoms with Crippen LogP contribution in [0.5, 0.6) is 0 Å². The van der Waals surface area contributed by atoms with Gasteiger partial charge in [-0.25, -0.2) is 0 Å². The van der Waals surface area contributed by atoms with E-state index in [0.717, 1.165) is 89.9 Å². The summed E-state index contributed by atoms with van der Waals surface area (Å²) in [5.41, 5.74) is 0. The number of esters is 2. The molecule has 2 atom stereocenters. The SMILES string of the molecule is CC/C=C/C=C/C=C/C=C/CCCCCCCC(=O)OCC(COCCC(C(=O)[O-])[N+](C)(C)C)OC(=O)CCCCCCC/C=C/C=C/C=C/CCCCCCC. The Hall–Kier alpha value is -3.49. The maximum absolute atomic E-state index is 12.7. The van der Waals surface area contributed by atoms with Gasteiger partial charge in [0.2, 0.25) is 0 Å². The van der Waals surface area contributed by atoms with Gasteiger partial charge in [0.15, 0.2) is 6.10 Å². The van der Waals surface area contributed by atoms with Gasteiger partial charge in [-0.05, 0) is 57.8 Å². The highest BCUT2D eigenvalue weighted by molar-refractivity contribution is 5.70. The van der Waals surface area contributed by atoms with Crippen molar-refractivity contribution in [1.82, 2.24) is 0 Å². The van der Waals surface area contributed by atoms with Gasteiger partial charge < -0.3 is 28.6 Å². The number of likely N-dealkylation sites (N-methyl/N-ethyl adjacent to an activating group) is 1. The third kappa shape index (κ3) is 37.8. The van der Waals surface area contributed by atoms with Crippen LogP contribution in [0.2, 0.25) is 0 Å². The number of ether oxygens (including phenoxy) is 3. The molecule has 0 N–H and O–H groups in total. The van der Waals surface area contributed by atoms with Crippen LogP contribution < -0.4 is 5.11 Å². The molecule has 0 fully saturated rings. The summed E-state index contributed by atoms with van der Waals surface area (Å²) in [4.78, 5) is 36.9. The van der Waals surface area contributed by atoms with Crippen molar-refractivity contribution in [2.45, 2.75) is 167 Å². The van der Waals surface area contributed by atoms with Crippen molar-refractivity contribution < 1.29 is 38.2 Å². The average Bonchev–Trinajstić information content (AvgIpc) is 3.17. The van der Waals surface area contributed by atoms with Crippen LogP contribution in [0.4, 0.5) is 0 Å². The van der Waals surface area contributed by atoms with E-state index in [-0.39, 0.29) is 49.1 Å². The van der Waals surface area contributed by atoms with E-state index in [1.165, 1.54) is 32.1 Å². The number of allylic oxidation sites excluding steroid dienone is 14. The highest BCUT2D eigenvalue weighted by Gasteiger charge is 2.25. The van der Waals surface area contributed by atoms with Crippen molar-refractivity contribution in [3.05, 3.63) is 85.1 Å². The summed E-state index contributed by atoms with van der Waals surface area (Å²) in [6.45, 7) is 4.44. The molecular weight excluding hydrogens is 715 g/mol. The van der Waals surface area contributed by atoms with E-state index >= 15 is 0 Å². The minimum atomic E-state index is -1.14. The van der Waals surface area contributed by atoms with Gasteiger partial charge in [0, 0.05) is 19.3 Å². The van der Waals surface area contributed by atoms with E-state index in [1.807, 2.05) is 30.4 Å². The Balaban J connectivity index is 4.45. The number of hydrogen-bond acceptors (Lipinski definition) is 7. The molecule has 0 spiro atoms. The molecule has 0 amide bonds. The van der Waals surface area contributed by atoms with Gasteiger partial charge in [0.25, 0.3) is 0 Å². The predicted octanol–water partition coefficient (Wildman–Crippen LogP) is 10.8. The molecule has 0 aliphatic carbocycles. The first-order valence-electron chi connectivity index (χ1n) is 22.2. The number of aliphatic carboxylic acids is 1. The fraction of sp³-hybridized carbons (Fsp3) is 0.653. The number of unbranched alkanes of at least 4 members (excludes halogenated alkanes) is 15. The maximum Gasteiger partial charge on any atom is 0.306 e. The van der Waals surface area contributed by atoms with Crippen LogP contribution in [-0.2, 0) is 28.6 Å². The van der Waals surface area contributed by atoms with Gasteiger partial charge in [-0.2, -0.15) is 0 Å². The van der Waals surface area contributed by atoms with Crippen molar-refractivity contribution in [2.24, 2.45) is 0 Å². The summed E-state index contributed by atoms with van der Waals surface area (Å²) in [7, 11) is 5.38. The lowest BCUT2D eigenvalue weighted by atomic mass is 10.1. The molecule has 8 nitrogen and oxygen atoms in total. The third-order valence-corrected chi connectivity index (χ3v) is 9.42. The zero-order chi connectivity index (χ0) is 42.1. The van der Waals surface area contributed by atoms with Crippen LogP contribution in [0.1, 0.15) is 155 Å². The summed E-state index contributed by atoms with van der Waals surface area (Å²) >= 11 is 0. The van der Waals surface area contributed by atoms with Gasteiger partial charge in [0.05, 0.1) is 40.3 Å². The molecule has 0 rings (SSSR count). The lowest BCUT2D eigenvalue weighted by Gasteiger charge is -2.34. The van der Waals surface area contributed by atoms with Crippen LogP contribution in [0.15, 0.2) is 85.1 Å². The second-order valence-electron chi connectivity index (χ2n) is 15.7. The maximum atomic E-state index is 12.7. The molecule has 2 unspecified atom stereocenters. The van der Waals surface area contributed by atoms with Crippen molar-refractivity contribution in [3.8, 4) is 0 Å². The summed E-state index contributed by atoms with van der Waals surface area (Å²) in [5, 5.41) is 11.6. The number of rotatable bonds is 38. The molecule has 0 aromatic rings. The Morgan fingerprint density at radius 3 is 1.46 bits per heavy atom. The largest absolute Gasteiger partial charge is 0.544 e. The monoisotopic (exact) mass is 796 g/mol. The van der Waals surface area contributed by atoms with Crippen molar-refractivity contribution in [1.29, 1.82) is 0 Å². The Bertz CT molecular complexity index is 1200. The molecule has 0 aromatic carbocycles. The highest BCUT2D eigenvalue weighted by Crippen LogP contribution is 2.12. The van der Waals surface area contributed by atoms with Crippen LogP contribution in [0.3, 0.4) is 0 Å². The van der Waals surface area contributed by atoms with Crippen LogP contribution in [0, 0.1) is 0 Å². The predicted molar refractivity (Wildman–Crippen MR) is 235 cm³/mol. The molecule has 0 saturated heterocycles. The van der Waals surface area contributed by atoms with E-state index in [9.17, 15) is 19.5 Å². The molecule has 57 heavy (non-hydrogen) atoms. The molecule has 0 radical (unpaired) electrons. The second kappa shape index (κ2) is 39.3. The van der Waals surface area contributed by atoms with Gasteiger partial charge >= 0.3 is 11.9 Å². The number of carbonyl (C=O) groups excluding carboxylic acids is 3. The standard InChI is InChI=1S/C49H81NO7/c1-6-8-10-12-14-16-18-20-22-23-24-26-28-30-32-34-36-38-40-48(52)57-45(43-55-42-41-46(49(53)54)50(3,4)5)44-56-47(51)39-37-35-33-31-29-27-25-21-19-17-15-13-11-9-7-2/h9,11,13,15,17-26,45-46H,6-8,10,12,14,16,27-44H2,1-5H3/b11-9+,15-13+,19-17+,20-18+,23-22+,25-21+,26-24+. The van der Waals surface area contributed by atoms with Crippen molar-refractivity contribution in [3.63, 3.8) is 0 Å². The summed E-state index contributed by atoms with van der Waals surface area (Å²) in [5.74, 6) is -1.80. The first kappa shape index (κ1) is 53.5. The summed E-state index contributed by atoms with van der Waals surface area (Å²) < 4.78 is 17.1. The first-order chi connectivity index (χ1) is 27.6. The lowest BCUT2D eigenvalue weighted by molar-refractivity contribution is -0.889. The lowest BCUT2D eigenvalue weighted by Crippen LogP contribution is -2.55. The smallest absolute Gasteiger partial charge is 0.306 e. The number of quaternary nitrogens is 1. The van der Waals surface area contributed by atoms with E-state index in [0.29, 0.717) is 6.42 Å². The number of carboxylic acid groups (broad SMARTS) is 1. The summed E-state index contributed by atoms with van der Waals surface area (Å²) in [6, 6.07) is -0.738. The van der Waals surface area contributed by atoms with E-state index < -0.39 is 18.1 Å². The molecular formula is C49H81NO7. The molecule has 0 saturated carbocycles. The Morgan fingerprint density at radius 1 is 0.544 bits per heavy atom.